The highest BCUT2D eigenvalue weighted by molar-refractivity contribution is 5.81. The second-order valence-electron chi connectivity index (χ2n) is 13.1. The Morgan fingerprint density at radius 2 is 1.86 bits per heavy atom. The van der Waals surface area contributed by atoms with E-state index >= 15 is 0 Å². The molecule has 0 aliphatic heterocycles. The minimum atomic E-state index is -0.426. The molecule has 0 bridgehead atoms. The van der Waals surface area contributed by atoms with Gasteiger partial charge in [0, 0.05) is 0 Å². The molecule has 3 fully saturated rings. The van der Waals surface area contributed by atoms with Gasteiger partial charge in [0.1, 0.15) is 5.60 Å². The van der Waals surface area contributed by atoms with E-state index < -0.39 is 11.6 Å². The van der Waals surface area contributed by atoms with Crippen molar-refractivity contribution in [2.45, 2.75) is 137 Å². The number of carbonyl (C=O) groups excluding carboxylic acids is 1. The molecule has 1 N–H and O–H groups in total. The fourth-order valence-electron chi connectivity index (χ4n) is 7.09. The third-order valence-corrected chi connectivity index (χ3v) is 8.63. The van der Waals surface area contributed by atoms with E-state index in [4.69, 9.17) is 4.74 Å². The number of ether oxygens (including phenoxy) is 1. The number of allylic oxidation sites excluding steroid dienone is 1. The lowest BCUT2D eigenvalue weighted by atomic mass is 9.57. The quantitative estimate of drug-likeness (QED) is 0.135. The molecule has 5 unspecified atom stereocenters. The second kappa shape index (κ2) is 15.2. The van der Waals surface area contributed by atoms with Gasteiger partial charge in [0.05, 0.1) is 12.2 Å². The van der Waals surface area contributed by atoms with E-state index in [9.17, 15) is 9.90 Å². The fourth-order valence-corrected chi connectivity index (χ4v) is 7.09. The van der Waals surface area contributed by atoms with Crippen LogP contribution in [0.4, 0.5) is 0 Å². The van der Waals surface area contributed by atoms with Crippen molar-refractivity contribution in [1.82, 2.24) is 0 Å². The zero-order valence-electron chi connectivity index (χ0n) is 24.4. The number of carbonyl (C=O) groups is 1. The molecule has 0 amide bonds. The largest absolute Gasteiger partial charge is 0.456 e. The molecule has 0 saturated heterocycles. The summed E-state index contributed by atoms with van der Waals surface area (Å²) in [5.41, 5.74) is 3.55. The standard InChI is InChI=1S/C17H26O.C8H12O2.C8H18/c18-13-6-9-15-12(10-13)5-8-16-14-3-1-2-11(14)4-7-17(15)16;1-5-6-7(9)10-8(2,3)4;1-4-5-6-7-8(2)3/h5,11,13-18H,1-4,6-10H2;6H,1H2,2-4H3;8H,4-7H2,1-3H3/t11?,13-,14?,15?,16?,17?;;/m0../s1. The van der Waals surface area contributed by atoms with E-state index in [1.807, 2.05) is 20.8 Å². The Morgan fingerprint density at radius 3 is 2.50 bits per heavy atom. The first-order valence-electron chi connectivity index (χ1n) is 15.0. The van der Waals surface area contributed by atoms with Crippen molar-refractivity contribution in [2.24, 2.45) is 35.5 Å². The molecule has 206 valence electrons. The van der Waals surface area contributed by atoms with E-state index in [0.29, 0.717) is 0 Å². The van der Waals surface area contributed by atoms with Gasteiger partial charge in [0.15, 0.2) is 0 Å². The van der Waals surface area contributed by atoms with Crippen LogP contribution in [0, 0.1) is 35.5 Å². The Balaban J connectivity index is 0.000000217. The van der Waals surface area contributed by atoms with Crippen LogP contribution in [-0.2, 0) is 9.53 Å². The number of rotatable bonds is 5. The highest BCUT2D eigenvalue weighted by Gasteiger charge is 2.46. The van der Waals surface area contributed by atoms with Crippen LogP contribution >= 0.6 is 0 Å². The molecule has 6 atom stereocenters. The van der Waals surface area contributed by atoms with E-state index in [0.717, 1.165) is 48.3 Å². The normalized spacial score (nSPS) is 30.6. The van der Waals surface area contributed by atoms with Gasteiger partial charge in [-0.1, -0.05) is 77.5 Å². The van der Waals surface area contributed by atoms with E-state index in [-0.39, 0.29) is 6.10 Å². The first-order valence-corrected chi connectivity index (χ1v) is 15.0. The predicted octanol–water partition coefficient (Wildman–Crippen LogP) is 8.81. The average Bonchev–Trinajstić information content (AvgIpc) is 3.28. The monoisotopic (exact) mass is 500 g/mol. The van der Waals surface area contributed by atoms with Gasteiger partial charge in [-0.3, -0.25) is 0 Å². The van der Waals surface area contributed by atoms with Crippen LogP contribution in [0.3, 0.4) is 0 Å². The van der Waals surface area contributed by atoms with Crippen molar-refractivity contribution in [3.05, 3.63) is 30.0 Å². The van der Waals surface area contributed by atoms with Crippen LogP contribution in [0.5, 0.6) is 0 Å². The van der Waals surface area contributed by atoms with Crippen molar-refractivity contribution in [2.75, 3.05) is 0 Å². The highest BCUT2D eigenvalue weighted by atomic mass is 16.6. The number of esters is 1. The van der Waals surface area contributed by atoms with Crippen molar-refractivity contribution in [3.63, 3.8) is 0 Å². The van der Waals surface area contributed by atoms with Crippen LogP contribution in [0.2, 0.25) is 0 Å². The van der Waals surface area contributed by atoms with Crippen LogP contribution in [-0.4, -0.2) is 22.8 Å². The van der Waals surface area contributed by atoms with Crippen LogP contribution in [0.1, 0.15) is 125 Å². The Hall–Kier alpha value is -1.31. The van der Waals surface area contributed by atoms with E-state index in [1.165, 1.54) is 76.7 Å². The first-order chi connectivity index (χ1) is 17.1. The highest BCUT2D eigenvalue weighted by Crippen LogP contribution is 2.56. The van der Waals surface area contributed by atoms with Crippen molar-refractivity contribution < 1.29 is 14.6 Å². The number of hydrogen-bond acceptors (Lipinski definition) is 3. The molecule has 0 heterocycles. The molecular weight excluding hydrogens is 444 g/mol. The second-order valence-corrected chi connectivity index (χ2v) is 13.1. The van der Waals surface area contributed by atoms with Crippen LogP contribution < -0.4 is 0 Å². The maximum atomic E-state index is 10.7. The minimum absolute atomic E-state index is 0.0353. The maximum Gasteiger partial charge on any atom is 0.339 e. The van der Waals surface area contributed by atoms with Crippen molar-refractivity contribution >= 4 is 5.97 Å². The molecule has 0 aromatic carbocycles. The lowest BCUT2D eigenvalue weighted by molar-refractivity contribution is -0.148. The van der Waals surface area contributed by atoms with Crippen molar-refractivity contribution in [3.8, 4) is 0 Å². The zero-order valence-corrected chi connectivity index (χ0v) is 24.4. The summed E-state index contributed by atoms with van der Waals surface area (Å²) in [6, 6.07) is 0. The van der Waals surface area contributed by atoms with Gasteiger partial charge in [-0.25, -0.2) is 4.79 Å². The van der Waals surface area contributed by atoms with Gasteiger partial charge in [0.25, 0.3) is 0 Å². The van der Waals surface area contributed by atoms with Crippen molar-refractivity contribution in [1.29, 1.82) is 0 Å². The third-order valence-electron chi connectivity index (χ3n) is 8.63. The third kappa shape index (κ3) is 10.2. The summed E-state index contributed by atoms with van der Waals surface area (Å²) in [5, 5.41) is 9.85. The number of aliphatic hydroxyl groups is 1. The lowest BCUT2D eigenvalue weighted by Crippen LogP contribution is -2.40. The Bertz CT molecular complexity index is 737. The van der Waals surface area contributed by atoms with Crippen LogP contribution in [0.15, 0.2) is 30.0 Å². The molecule has 36 heavy (non-hydrogen) atoms. The minimum Gasteiger partial charge on any atom is -0.456 e. The molecular formula is C33H56O3. The zero-order chi connectivity index (χ0) is 26.7. The predicted molar refractivity (Wildman–Crippen MR) is 152 cm³/mol. The molecule has 3 saturated carbocycles. The topological polar surface area (TPSA) is 46.5 Å². The van der Waals surface area contributed by atoms with E-state index in [1.54, 1.807) is 5.57 Å². The Kier molecular flexibility index (Phi) is 13.0. The molecule has 0 aromatic heterocycles. The molecule has 4 aliphatic carbocycles. The number of unbranched alkanes of at least 4 members (excludes halogenated alkanes) is 2. The summed E-state index contributed by atoms with van der Waals surface area (Å²) >= 11 is 0. The summed E-state index contributed by atoms with van der Waals surface area (Å²) < 4.78 is 4.88. The molecule has 0 aromatic rings. The summed E-state index contributed by atoms with van der Waals surface area (Å²) in [5.74, 6) is 5.49. The first kappa shape index (κ1) is 30.9. The van der Waals surface area contributed by atoms with Gasteiger partial charge < -0.3 is 9.84 Å². The molecule has 0 radical (unpaired) electrons. The number of hydrogen-bond donors (Lipinski definition) is 1. The Labute approximate surface area is 222 Å². The summed E-state index contributed by atoms with van der Waals surface area (Å²) in [7, 11) is 0. The molecule has 3 nitrogen and oxygen atoms in total. The SMILES string of the molecule is C=C=CC(=O)OC(C)(C)C.CCCCCC(C)C.O[C@H]1CCC2C(=CCC3C4CCCC4CCC23)C1. The molecule has 4 rings (SSSR count). The van der Waals surface area contributed by atoms with Gasteiger partial charge in [-0.15, -0.1) is 5.73 Å². The number of aliphatic hydroxyl groups excluding tert-OH is 1. The van der Waals surface area contributed by atoms with Gasteiger partial charge in [-0.05, 0) is 101 Å². The van der Waals surface area contributed by atoms with Gasteiger partial charge >= 0.3 is 5.97 Å². The fraction of sp³-hybridized carbons (Fsp3) is 0.818. The molecule has 3 heteroatoms. The molecule has 4 aliphatic rings. The average molecular weight is 501 g/mol. The smallest absolute Gasteiger partial charge is 0.339 e. The van der Waals surface area contributed by atoms with Gasteiger partial charge in [0.2, 0.25) is 0 Å². The summed E-state index contributed by atoms with van der Waals surface area (Å²) in [6.07, 6.45) is 21.5. The van der Waals surface area contributed by atoms with Gasteiger partial charge in [-0.2, -0.15) is 0 Å². The number of fused-ring (bicyclic) bond motifs is 5. The Morgan fingerprint density at radius 1 is 1.11 bits per heavy atom. The van der Waals surface area contributed by atoms with Crippen LogP contribution in [0.25, 0.3) is 0 Å². The molecule has 0 spiro atoms. The summed E-state index contributed by atoms with van der Waals surface area (Å²) in [4.78, 5) is 10.7. The van der Waals surface area contributed by atoms with E-state index in [2.05, 4.69) is 39.2 Å². The maximum absolute atomic E-state index is 10.7. The lowest BCUT2D eigenvalue weighted by Gasteiger charge is -2.49. The summed E-state index contributed by atoms with van der Waals surface area (Å²) in [6.45, 7) is 15.5.